The fourth-order valence-corrected chi connectivity index (χ4v) is 4.03. The van der Waals surface area contributed by atoms with Gasteiger partial charge in [0.15, 0.2) is 16.6 Å². The molecule has 1 aromatic heterocycles. The first-order valence-electron chi connectivity index (χ1n) is 9.66. The van der Waals surface area contributed by atoms with Crippen LogP contribution >= 0.6 is 11.3 Å². The molecule has 8 nitrogen and oxygen atoms in total. The number of ether oxygens (including phenoxy) is 2. The van der Waals surface area contributed by atoms with Crippen molar-refractivity contribution in [2.45, 2.75) is 26.7 Å². The molecular formula is C22H23N3O5S. The van der Waals surface area contributed by atoms with Crippen LogP contribution in [0.1, 0.15) is 34.1 Å². The van der Waals surface area contributed by atoms with Crippen molar-refractivity contribution >= 4 is 28.1 Å². The Bertz CT molecular complexity index is 1110. The molecule has 0 aliphatic rings. The average Bonchev–Trinajstić information content (AvgIpc) is 3.13. The van der Waals surface area contributed by atoms with E-state index in [9.17, 15) is 14.9 Å². The number of methoxy groups -OCH3 is 2. The summed E-state index contributed by atoms with van der Waals surface area (Å²) in [4.78, 5) is 29.1. The number of carbonyl (C=O) groups excluding carboxylic acids is 1. The number of hydrogen-bond donors (Lipinski definition) is 1. The second-order valence-electron chi connectivity index (χ2n) is 6.81. The van der Waals surface area contributed by atoms with Crippen molar-refractivity contribution in [3.8, 4) is 22.8 Å². The lowest BCUT2D eigenvalue weighted by Crippen LogP contribution is -2.14. The normalized spacial score (nSPS) is 10.6. The number of amides is 1. The quantitative estimate of drug-likeness (QED) is 0.378. The van der Waals surface area contributed by atoms with E-state index in [-0.39, 0.29) is 22.7 Å². The van der Waals surface area contributed by atoms with Gasteiger partial charge in [0, 0.05) is 16.5 Å². The number of anilines is 1. The van der Waals surface area contributed by atoms with Crippen LogP contribution < -0.4 is 14.8 Å². The minimum absolute atomic E-state index is 0.138. The predicted molar refractivity (Wildman–Crippen MR) is 120 cm³/mol. The Labute approximate surface area is 184 Å². The monoisotopic (exact) mass is 441 g/mol. The molecule has 0 aliphatic carbocycles. The van der Waals surface area contributed by atoms with Crippen LogP contribution in [0.15, 0.2) is 36.4 Å². The Morgan fingerprint density at radius 1 is 1.16 bits per heavy atom. The second-order valence-corrected chi connectivity index (χ2v) is 8.01. The second kappa shape index (κ2) is 9.57. The fraction of sp³-hybridized carbons (Fsp3) is 0.273. The first-order valence-corrected chi connectivity index (χ1v) is 10.5. The third-order valence-electron chi connectivity index (χ3n) is 4.73. The third-order valence-corrected chi connectivity index (χ3v) is 5.61. The van der Waals surface area contributed by atoms with E-state index in [0.717, 1.165) is 29.0 Å². The Balaban J connectivity index is 1.89. The molecule has 3 rings (SSSR count). The fourth-order valence-electron chi connectivity index (χ4n) is 3.20. The largest absolute Gasteiger partial charge is 0.493 e. The minimum Gasteiger partial charge on any atom is -0.493 e. The highest BCUT2D eigenvalue weighted by molar-refractivity contribution is 7.16. The first kappa shape index (κ1) is 22.2. The molecule has 9 heteroatoms. The van der Waals surface area contributed by atoms with Crippen molar-refractivity contribution < 1.29 is 19.2 Å². The van der Waals surface area contributed by atoms with Crippen LogP contribution in [0.3, 0.4) is 0 Å². The number of hydrogen-bond acceptors (Lipinski definition) is 7. The SMILES string of the molecule is CCCc1ccc(-c2nc(NC(=O)c3cc(OC)c(OC)cc3[N+](=O)[O-])sc2C)cc1. The van der Waals surface area contributed by atoms with Gasteiger partial charge in [0.1, 0.15) is 5.56 Å². The van der Waals surface area contributed by atoms with Crippen LogP contribution in [0.5, 0.6) is 11.5 Å². The van der Waals surface area contributed by atoms with Crippen LogP contribution in [-0.4, -0.2) is 30.0 Å². The maximum Gasteiger partial charge on any atom is 0.286 e. The van der Waals surface area contributed by atoms with Crippen LogP contribution in [0.2, 0.25) is 0 Å². The molecule has 1 N–H and O–H groups in total. The molecule has 0 saturated carbocycles. The first-order chi connectivity index (χ1) is 14.9. The summed E-state index contributed by atoms with van der Waals surface area (Å²) in [6, 6.07) is 10.6. The molecule has 1 amide bonds. The maximum absolute atomic E-state index is 12.8. The van der Waals surface area contributed by atoms with Crippen LogP contribution in [0.4, 0.5) is 10.8 Å². The molecule has 162 valence electrons. The highest BCUT2D eigenvalue weighted by Gasteiger charge is 2.25. The number of aromatic nitrogens is 1. The predicted octanol–water partition coefficient (Wildman–Crippen LogP) is 5.25. The zero-order valence-electron chi connectivity index (χ0n) is 17.7. The van der Waals surface area contributed by atoms with Gasteiger partial charge in [0.2, 0.25) is 0 Å². The molecule has 2 aromatic carbocycles. The Hall–Kier alpha value is -3.46. The molecule has 0 unspecified atom stereocenters. The molecule has 0 saturated heterocycles. The molecule has 0 fully saturated rings. The summed E-state index contributed by atoms with van der Waals surface area (Å²) in [5.41, 5.74) is 2.46. The molecular weight excluding hydrogens is 418 g/mol. The number of thiazole rings is 1. The zero-order chi connectivity index (χ0) is 22.5. The van der Waals surface area contributed by atoms with Crippen molar-refractivity contribution in [2.24, 2.45) is 0 Å². The van der Waals surface area contributed by atoms with Gasteiger partial charge in [-0.1, -0.05) is 37.6 Å². The summed E-state index contributed by atoms with van der Waals surface area (Å²) < 4.78 is 10.3. The number of nitro groups is 1. The standard InChI is InChI=1S/C22H23N3O5S/c1-5-6-14-7-9-15(10-8-14)20-13(2)31-22(23-20)24-21(26)16-11-18(29-3)19(30-4)12-17(16)25(27)28/h7-12H,5-6H2,1-4H3,(H,23,24,26). The van der Waals surface area contributed by atoms with E-state index in [1.807, 2.05) is 19.1 Å². The Morgan fingerprint density at radius 2 is 1.81 bits per heavy atom. The van der Waals surface area contributed by atoms with Crippen molar-refractivity contribution in [2.75, 3.05) is 19.5 Å². The van der Waals surface area contributed by atoms with Gasteiger partial charge < -0.3 is 9.47 Å². The maximum atomic E-state index is 12.8. The summed E-state index contributed by atoms with van der Waals surface area (Å²) in [5.74, 6) is -0.252. The molecule has 0 atom stereocenters. The van der Waals surface area contributed by atoms with Crippen LogP contribution in [0, 0.1) is 17.0 Å². The van der Waals surface area contributed by atoms with E-state index in [1.54, 1.807) is 0 Å². The smallest absolute Gasteiger partial charge is 0.286 e. The van der Waals surface area contributed by atoms with Crippen molar-refractivity contribution in [1.29, 1.82) is 0 Å². The topological polar surface area (TPSA) is 104 Å². The average molecular weight is 442 g/mol. The van der Waals surface area contributed by atoms with Crippen molar-refractivity contribution in [3.05, 3.63) is 62.5 Å². The molecule has 0 bridgehead atoms. The summed E-state index contributed by atoms with van der Waals surface area (Å²) in [5, 5.41) is 14.5. The van der Waals surface area contributed by atoms with Gasteiger partial charge >= 0.3 is 0 Å². The molecule has 0 aliphatic heterocycles. The van der Waals surface area contributed by atoms with E-state index in [2.05, 4.69) is 29.4 Å². The molecule has 0 radical (unpaired) electrons. The number of benzene rings is 2. The molecule has 3 aromatic rings. The highest BCUT2D eigenvalue weighted by atomic mass is 32.1. The zero-order valence-corrected chi connectivity index (χ0v) is 18.5. The summed E-state index contributed by atoms with van der Waals surface area (Å²) in [6.07, 6.45) is 2.09. The lowest BCUT2D eigenvalue weighted by atomic mass is 10.1. The minimum atomic E-state index is -0.647. The number of nitrogens with zero attached hydrogens (tertiary/aromatic N) is 2. The number of nitro benzene ring substituents is 1. The molecule has 1 heterocycles. The van der Waals surface area contributed by atoms with Gasteiger partial charge in [0.05, 0.1) is 30.9 Å². The van der Waals surface area contributed by atoms with E-state index < -0.39 is 10.8 Å². The van der Waals surface area contributed by atoms with Crippen molar-refractivity contribution in [1.82, 2.24) is 4.98 Å². The van der Waals surface area contributed by atoms with Crippen LogP contribution in [-0.2, 0) is 6.42 Å². The van der Waals surface area contributed by atoms with E-state index in [0.29, 0.717) is 5.13 Å². The summed E-state index contributed by atoms with van der Waals surface area (Å²) >= 11 is 1.31. The van der Waals surface area contributed by atoms with Crippen molar-refractivity contribution in [3.63, 3.8) is 0 Å². The van der Waals surface area contributed by atoms with Gasteiger partial charge in [-0.15, -0.1) is 11.3 Å². The van der Waals surface area contributed by atoms with Gasteiger partial charge in [-0.05, 0) is 18.9 Å². The van der Waals surface area contributed by atoms with Crippen LogP contribution in [0.25, 0.3) is 11.3 Å². The number of nitrogens with one attached hydrogen (secondary N) is 1. The lowest BCUT2D eigenvalue weighted by Gasteiger charge is -2.10. The lowest BCUT2D eigenvalue weighted by molar-refractivity contribution is -0.385. The third kappa shape index (κ3) is 4.83. The van der Waals surface area contributed by atoms with Gasteiger partial charge in [-0.3, -0.25) is 20.2 Å². The Morgan fingerprint density at radius 3 is 2.39 bits per heavy atom. The highest BCUT2D eigenvalue weighted by Crippen LogP contribution is 2.36. The van der Waals surface area contributed by atoms with E-state index >= 15 is 0 Å². The van der Waals surface area contributed by atoms with E-state index in [4.69, 9.17) is 9.47 Å². The number of aryl methyl sites for hydroxylation is 2. The Kier molecular flexibility index (Phi) is 6.86. The summed E-state index contributed by atoms with van der Waals surface area (Å²) in [7, 11) is 2.77. The molecule has 0 spiro atoms. The number of carbonyl (C=O) groups is 1. The van der Waals surface area contributed by atoms with E-state index in [1.165, 1.54) is 43.3 Å². The van der Waals surface area contributed by atoms with Gasteiger partial charge in [0.25, 0.3) is 11.6 Å². The van der Waals surface area contributed by atoms with Gasteiger partial charge in [-0.25, -0.2) is 4.98 Å². The molecule has 31 heavy (non-hydrogen) atoms. The summed E-state index contributed by atoms with van der Waals surface area (Å²) in [6.45, 7) is 4.05. The number of rotatable bonds is 8. The van der Waals surface area contributed by atoms with Gasteiger partial charge in [-0.2, -0.15) is 0 Å².